The van der Waals surface area contributed by atoms with E-state index in [4.69, 9.17) is 0 Å². The lowest BCUT2D eigenvalue weighted by Gasteiger charge is -2.09. The average molecular weight is 346 g/mol. The number of rotatable bonds is 7. The normalized spacial score (nSPS) is 11.8. The SMILES string of the molecule is CC(C)OOOC(C)C.O=C(c1ccccc1)C(O)c1ccccc1. The van der Waals surface area contributed by atoms with Crippen molar-refractivity contribution < 1.29 is 24.7 Å². The zero-order valence-electron chi connectivity index (χ0n) is 15.1. The van der Waals surface area contributed by atoms with Crippen molar-refractivity contribution in [1.82, 2.24) is 0 Å². The summed E-state index contributed by atoms with van der Waals surface area (Å²) in [4.78, 5) is 21.2. The Hall–Kier alpha value is -2.05. The summed E-state index contributed by atoms with van der Waals surface area (Å²) in [6.07, 6.45) is -0.990. The van der Waals surface area contributed by atoms with Crippen LogP contribution in [0.2, 0.25) is 0 Å². The van der Waals surface area contributed by atoms with E-state index in [9.17, 15) is 9.90 Å². The van der Waals surface area contributed by atoms with Crippen LogP contribution in [0.5, 0.6) is 0 Å². The molecule has 2 rings (SSSR count). The van der Waals surface area contributed by atoms with Crippen molar-refractivity contribution in [1.29, 1.82) is 0 Å². The topological polar surface area (TPSA) is 65.0 Å². The maximum Gasteiger partial charge on any atom is 0.195 e. The maximum atomic E-state index is 11.9. The van der Waals surface area contributed by atoms with Crippen LogP contribution in [0.25, 0.3) is 0 Å². The fraction of sp³-hybridized carbons (Fsp3) is 0.350. The van der Waals surface area contributed by atoms with Gasteiger partial charge in [-0.2, -0.15) is 0 Å². The number of aliphatic hydroxyl groups excluding tert-OH is 1. The minimum Gasteiger partial charge on any atom is -0.380 e. The van der Waals surface area contributed by atoms with E-state index < -0.39 is 6.10 Å². The Morgan fingerprint density at radius 3 is 1.68 bits per heavy atom. The van der Waals surface area contributed by atoms with Gasteiger partial charge in [0.1, 0.15) is 6.10 Å². The first-order chi connectivity index (χ1) is 11.9. The average Bonchev–Trinajstić information content (AvgIpc) is 2.62. The highest BCUT2D eigenvalue weighted by Gasteiger charge is 2.18. The zero-order valence-corrected chi connectivity index (χ0v) is 15.1. The Morgan fingerprint density at radius 1 is 0.800 bits per heavy atom. The Morgan fingerprint density at radius 2 is 1.24 bits per heavy atom. The predicted octanol–water partition coefficient (Wildman–Crippen LogP) is 4.29. The van der Waals surface area contributed by atoms with E-state index in [1.54, 1.807) is 48.5 Å². The lowest BCUT2D eigenvalue weighted by molar-refractivity contribution is -0.533. The van der Waals surface area contributed by atoms with Gasteiger partial charge in [-0.25, -0.2) is 9.78 Å². The first kappa shape index (κ1) is 21.0. The Bertz CT molecular complexity index is 588. The molecular weight excluding hydrogens is 320 g/mol. The molecule has 1 N–H and O–H groups in total. The molecule has 1 unspecified atom stereocenters. The van der Waals surface area contributed by atoms with Crippen LogP contribution in [0.15, 0.2) is 60.7 Å². The van der Waals surface area contributed by atoms with Crippen LogP contribution in [0, 0.1) is 0 Å². The molecule has 2 aromatic rings. The molecule has 0 amide bonds. The minimum atomic E-state index is -1.08. The maximum absolute atomic E-state index is 11.9. The summed E-state index contributed by atoms with van der Waals surface area (Å²) in [6.45, 7) is 7.46. The highest BCUT2D eigenvalue weighted by Crippen LogP contribution is 2.17. The first-order valence-corrected chi connectivity index (χ1v) is 8.23. The Balaban J connectivity index is 0.000000299. The van der Waals surface area contributed by atoms with E-state index in [0.29, 0.717) is 11.1 Å². The van der Waals surface area contributed by atoms with Gasteiger partial charge in [0.05, 0.1) is 12.2 Å². The highest BCUT2D eigenvalue weighted by atomic mass is 17.5. The molecular formula is C20H26O5. The molecule has 136 valence electrons. The molecule has 25 heavy (non-hydrogen) atoms. The van der Waals surface area contributed by atoms with Gasteiger partial charge in [-0.15, -0.1) is 0 Å². The third-order valence-corrected chi connectivity index (χ3v) is 2.89. The van der Waals surface area contributed by atoms with Crippen LogP contribution in [0.4, 0.5) is 0 Å². The minimum absolute atomic E-state index is 0.0451. The molecule has 0 spiro atoms. The van der Waals surface area contributed by atoms with E-state index in [0.717, 1.165) is 0 Å². The van der Waals surface area contributed by atoms with Crippen molar-refractivity contribution in [2.75, 3.05) is 0 Å². The third-order valence-electron chi connectivity index (χ3n) is 2.89. The number of hydrogen-bond acceptors (Lipinski definition) is 5. The molecule has 5 heteroatoms. The summed E-state index contributed by atoms with van der Waals surface area (Å²) in [6, 6.07) is 17.7. The van der Waals surface area contributed by atoms with E-state index in [-0.39, 0.29) is 18.0 Å². The van der Waals surface area contributed by atoms with Crippen LogP contribution < -0.4 is 0 Å². The summed E-state index contributed by atoms with van der Waals surface area (Å²) in [5.74, 6) is -0.271. The van der Waals surface area contributed by atoms with Crippen LogP contribution in [0.1, 0.15) is 49.7 Å². The number of Topliss-reactive ketones (excluding diaryl/α,β-unsaturated/α-hetero) is 1. The van der Waals surface area contributed by atoms with E-state index in [2.05, 4.69) is 14.8 Å². The highest BCUT2D eigenvalue weighted by molar-refractivity contribution is 5.99. The summed E-state index contributed by atoms with van der Waals surface area (Å²) < 4.78 is 0. The lowest BCUT2D eigenvalue weighted by Crippen LogP contribution is -2.11. The summed E-state index contributed by atoms with van der Waals surface area (Å²) >= 11 is 0. The molecule has 0 saturated carbocycles. The number of hydrogen-bond donors (Lipinski definition) is 1. The number of ketones is 1. The van der Waals surface area contributed by atoms with Gasteiger partial charge < -0.3 is 5.11 Å². The van der Waals surface area contributed by atoms with E-state index in [1.807, 2.05) is 39.8 Å². The molecule has 0 aromatic heterocycles. The number of carbonyl (C=O) groups is 1. The number of carbonyl (C=O) groups excluding carboxylic acids is 1. The van der Waals surface area contributed by atoms with Crippen molar-refractivity contribution in [3.63, 3.8) is 0 Å². The van der Waals surface area contributed by atoms with Crippen molar-refractivity contribution in [3.8, 4) is 0 Å². The zero-order chi connectivity index (χ0) is 18.7. The monoisotopic (exact) mass is 346 g/mol. The third kappa shape index (κ3) is 8.56. The molecule has 0 fully saturated rings. The van der Waals surface area contributed by atoms with Crippen molar-refractivity contribution >= 4 is 5.78 Å². The van der Waals surface area contributed by atoms with Gasteiger partial charge in [-0.05, 0) is 33.3 Å². The second-order valence-electron chi connectivity index (χ2n) is 5.90. The summed E-state index contributed by atoms with van der Waals surface area (Å²) in [7, 11) is 0. The van der Waals surface area contributed by atoms with E-state index >= 15 is 0 Å². The van der Waals surface area contributed by atoms with Gasteiger partial charge in [0.15, 0.2) is 5.78 Å². The largest absolute Gasteiger partial charge is 0.380 e. The van der Waals surface area contributed by atoms with Crippen molar-refractivity contribution in [2.45, 2.75) is 46.0 Å². The first-order valence-electron chi connectivity index (χ1n) is 8.23. The molecule has 1 atom stereocenters. The van der Waals surface area contributed by atoms with Gasteiger partial charge >= 0.3 is 0 Å². The smallest absolute Gasteiger partial charge is 0.195 e. The Kier molecular flexibility index (Phi) is 9.65. The van der Waals surface area contributed by atoms with Crippen molar-refractivity contribution in [3.05, 3.63) is 71.8 Å². The molecule has 0 saturated heterocycles. The molecule has 0 heterocycles. The van der Waals surface area contributed by atoms with Gasteiger partial charge in [-0.3, -0.25) is 4.79 Å². The molecule has 0 aliphatic carbocycles. The lowest BCUT2D eigenvalue weighted by atomic mass is 10.0. The quantitative estimate of drug-likeness (QED) is 0.460. The molecule has 0 bridgehead atoms. The van der Waals surface area contributed by atoms with Crippen molar-refractivity contribution in [2.24, 2.45) is 0 Å². The summed E-state index contributed by atoms with van der Waals surface area (Å²) in [5.41, 5.74) is 1.15. The Labute approximate surface area is 149 Å². The standard InChI is InChI=1S/C14H12O2.C6H14O3/c15-13(11-7-3-1-4-8-11)14(16)12-9-5-2-6-10-12;1-5(2)7-9-8-6(3)4/h1-10,13,15H;5-6H,1-4H3. The van der Waals surface area contributed by atoms with Gasteiger partial charge in [-0.1, -0.05) is 65.7 Å². The molecule has 0 aliphatic rings. The van der Waals surface area contributed by atoms with Gasteiger partial charge in [0.2, 0.25) is 0 Å². The van der Waals surface area contributed by atoms with Crippen LogP contribution in [-0.2, 0) is 14.8 Å². The van der Waals surface area contributed by atoms with Gasteiger partial charge in [0.25, 0.3) is 0 Å². The molecule has 5 nitrogen and oxygen atoms in total. The van der Waals surface area contributed by atoms with Gasteiger partial charge in [0, 0.05) is 5.56 Å². The van der Waals surface area contributed by atoms with E-state index in [1.165, 1.54) is 0 Å². The summed E-state index contributed by atoms with van der Waals surface area (Å²) in [5, 5.41) is 14.2. The second kappa shape index (κ2) is 11.5. The fourth-order valence-electron chi connectivity index (χ4n) is 1.73. The van der Waals surface area contributed by atoms with Crippen LogP contribution in [0.3, 0.4) is 0 Å². The predicted molar refractivity (Wildman–Crippen MR) is 95.7 cm³/mol. The van der Waals surface area contributed by atoms with Crippen LogP contribution >= 0.6 is 0 Å². The number of benzene rings is 2. The molecule has 2 aromatic carbocycles. The number of aliphatic hydroxyl groups is 1. The fourth-order valence-corrected chi connectivity index (χ4v) is 1.73. The van der Waals surface area contributed by atoms with Crippen LogP contribution in [-0.4, -0.2) is 23.1 Å². The molecule has 0 aliphatic heterocycles. The molecule has 0 radical (unpaired) electrons. The second-order valence-corrected chi connectivity index (χ2v) is 5.90.